The monoisotopic (exact) mass is 282 g/mol. The van der Waals surface area contributed by atoms with Crippen LogP contribution in [0.2, 0.25) is 5.28 Å². The molecule has 0 amide bonds. The third-order valence-corrected chi connectivity index (χ3v) is 2.52. The molecular formula is C11H8ClFN4O2. The maximum Gasteiger partial charge on any atom is 0.329 e. The van der Waals surface area contributed by atoms with Crippen molar-refractivity contribution in [2.45, 2.75) is 6.54 Å². The zero-order valence-electron chi connectivity index (χ0n) is 9.51. The zero-order chi connectivity index (χ0) is 13.8. The van der Waals surface area contributed by atoms with Gasteiger partial charge in [-0.05, 0) is 17.7 Å². The molecule has 1 aromatic carbocycles. The van der Waals surface area contributed by atoms with Gasteiger partial charge >= 0.3 is 5.69 Å². The van der Waals surface area contributed by atoms with E-state index in [1.165, 1.54) is 6.07 Å². The van der Waals surface area contributed by atoms with Gasteiger partial charge in [-0.1, -0.05) is 18.2 Å². The van der Waals surface area contributed by atoms with Gasteiger partial charge in [0.05, 0.1) is 4.92 Å². The molecule has 2 rings (SSSR count). The predicted octanol–water partition coefficient (Wildman–Crippen LogP) is 2.79. The van der Waals surface area contributed by atoms with Gasteiger partial charge in [0.15, 0.2) is 0 Å². The molecule has 0 saturated heterocycles. The van der Waals surface area contributed by atoms with Crippen LogP contribution in [0.4, 0.5) is 15.9 Å². The Morgan fingerprint density at radius 3 is 2.84 bits per heavy atom. The zero-order valence-corrected chi connectivity index (χ0v) is 10.3. The van der Waals surface area contributed by atoms with Crippen LogP contribution >= 0.6 is 11.6 Å². The maximum atomic E-state index is 13.4. The van der Waals surface area contributed by atoms with E-state index < -0.39 is 10.7 Å². The van der Waals surface area contributed by atoms with E-state index in [0.717, 1.165) is 6.20 Å². The summed E-state index contributed by atoms with van der Waals surface area (Å²) in [6, 6.07) is 6.10. The summed E-state index contributed by atoms with van der Waals surface area (Å²) in [4.78, 5) is 17.4. The van der Waals surface area contributed by atoms with E-state index in [9.17, 15) is 14.5 Å². The fourth-order valence-electron chi connectivity index (χ4n) is 1.44. The fourth-order valence-corrected chi connectivity index (χ4v) is 1.57. The average Bonchev–Trinajstić information content (AvgIpc) is 2.37. The third kappa shape index (κ3) is 3.14. The number of rotatable bonds is 4. The standard InChI is InChI=1S/C11H8ClFN4O2/c12-11-15-6-9(17(18)19)10(16-11)14-5-7-3-1-2-4-8(7)13/h1-4,6H,5H2,(H,14,15,16). The van der Waals surface area contributed by atoms with Gasteiger partial charge in [0.2, 0.25) is 11.1 Å². The summed E-state index contributed by atoms with van der Waals surface area (Å²) >= 11 is 5.58. The molecule has 8 heteroatoms. The van der Waals surface area contributed by atoms with Crippen LogP contribution in [0, 0.1) is 15.9 Å². The minimum Gasteiger partial charge on any atom is -0.360 e. The van der Waals surface area contributed by atoms with Crippen molar-refractivity contribution in [1.82, 2.24) is 9.97 Å². The number of benzene rings is 1. The van der Waals surface area contributed by atoms with Gasteiger partial charge in [0, 0.05) is 12.1 Å². The topological polar surface area (TPSA) is 81.0 Å². The Balaban J connectivity index is 2.22. The molecule has 0 bridgehead atoms. The highest BCUT2D eigenvalue weighted by atomic mass is 35.5. The summed E-state index contributed by atoms with van der Waals surface area (Å²) in [7, 11) is 0. The number of nitrogens with one attached hydrogen (secondary N) is 1. The lowest BCUT2D eigenvalue weighted by atomic mass is 10.2. The molecule has 0 radical (unpaired) electrons. The Labute approximate surface area is 112 Å². The normalized spacial score (nSPS) is 10.2. The molecule has 1 N–H and O–H groups in total. The molecule has 1 heterocycles. The molecule has 0 unspecified atom stereocenters. The first kappa shape index (κ1) is 13.2. The van der Waals surface area contributed by atoms with E-state index in [2.05, 4.69) is 15.3 Å². The van der Waals surface area contributed by atoms with Crippen LogP contribution < -0.4 is 5.32 Å². The lowest BCUT2D eigenvalue weighted by molar-refractivity contribution is -0.384. The average molecular weight is 283 g/mol. The molecule has 0 fully saturated rings. The number of hydrogen-bond donors (Lipinski definition) is 1. The lowest BCUT2D eigenvalue weighted by Gasteiger charge is -2.06. The second-order valence-electron chi connectivity index (χ2n) is 3.57. The Bertz CT molecular complexity index is 623. The van der Waals surface area contributed by atoms with Crippen LogP contribution in [0.15, 0.2) is 30.5 Å². The number of nitrogens with zero attached hydrogens (tertiary/aromatic N) is 3. The van der Waals surface area contributed by atoms with Crippen LogP contribution in [0.1, 0.15) is 5.56 Å². The van der Waals surface area contributed by atoms with Crippen molar-refractivity contribution in [2.75, 3.05) is 5.32 Å². The number of halogens is 2. The quantitative estimate of drug-likeness (QED) is 0.530. The van der Waals surface area contributed by atoms with Gasteiger partial charge < -0.3 is 5.32 Å². The summed E-state index contributed by atoms with van der Waals surface area (Å²) in [5.41, 5.74) is 0.0484. The van der Waals surface area contributed by atoms with Crippen LogP contribution in [0.25, 0.3) is 0 Å². The first-order valence-electron chi connectivity index (χ1n) is 5.22. The highest BCUT2D eigenvalue weighted by Crippen LogP contribution is 2.22. The van der Waals surface area contributed by atoms with Gasteiger partial charge in [0.25, 0.3) is 0 Å². The van der Waals surface area contributed by atoms with E-state index in [1.807, 2.05) is 0 Å². The van der Waals surface area contributed by atoms with Crippen LogP contribution in [-0.2, 0) is 6.54 Å². The highest BCUT2D eigenvalue weighted by Gasteiger charge is 2.16. The fraction of sp³-hybridized carbons (Fsp3) is 0.0909. The Kier molecular flexibility index (Phi) is 3.86. The Hall–Kier alpha value is -2.28. The Morgan fingerprint density at radius 1 is 1.42 bits per heavy atom. The molecule has 0 aliphatic carbocycles. The van der Waals surface area contributed by atoms with Gasteiger partial charge in [-0.3, -0.25) is 10.1 Å². The highest BCUT2D eigenvalue weighted by molar-refractivity contribution is 6.28. The maximum absolute atomic E-state index is 13.4. The first-order valence-corrected chi connectivity index (χ1v) is 5.60. The molecule has 0 aliphatic heterocycles. The summed E-state index contributed by atoms with van der Waals surface area (Å²) in [6.45, 7) is 0.0564. The molecule has 0 saturated carbocycles. The van der Waals surface area contributed by atoms with E-state index >= 15 is 0 Å². The van der Waals surface area contributed by atoms with Crippen molar-refractivity contribution in [3.05, 3.63) is 57.2 Å². The van der Waals surface area contributed by atoms with Crippen molar-refractivity contribution in [2.24, 2.45) is 0 Å². The van der Waals surface area contributed by atoms with Crippen molar-refractivity contribution >= 4 is 23.1 Å². The smallest absolute Gasteiger partial charge is 0.329 e. The third-order valence-electron chi connectivity index (χ3n) is 2.34. The largest absolute Gasteiger partial charge is 0.360 e. The van der Waals surface area contributed by atoms with Crippen LogP contribution in [0.5, 0.6) is 0 Å². The second-order valence-corrected chi connectivity index (χ2v) is 3.91. The molecule has 19 heavy (non-hydrogen) atoms. The van der Waals surface area contributed by atoms with E-state index in [1.54, 1.807) is 18.2 Å². The molecule has 6 nitrogen and oxygen atoms in total. The molecule has 2 aromatic rings. The summed E-state index contributed by atoms with van der Waals surface area (Å²) < 4.78 is 13.4. The second kappa shape index (κ2) is 5.57. The molecule has 0 atom stereocenters. The molecular weight excluding hydrogens is 275 g/mol. The minimum absolute atomic E-state index is 0.0479. The van der Waals surface area contributed by atoms with Crippen molar-refractivity contribution in [1.29, 1.82) is 0 Å². The van der Waals surface area contributed by atoms with E-state index in [4.69, 9.17) is 11.6 Å². The number of anilines is 1. The van der Waals surface area contributed by atoms with Crippen LogP contribution in [-0.4, -0.2) is 14.9 Å². The van der Waals surface area contributed by atoms with Crippen molar-refractivity contribution in [3.63, 3.8) is 0 Å². The molecule has 0 spiro atoms. The van der Waals surface area contributed by atoms with Gasteiger partial charge in [-0.15, -0.1) is 0 Å². The van der Waals surface area contributed by atoms with Gasteiger partial charge in [-0.25, -0.2) is 9.37 Å². The first-order chi connectivity index (χ1) is 9.08. The van der Waals surface area contributed by atoms with Crippen molar-refractivity contribution in [3.8, 4) is 0 Å². The number of nitro groups is 1. The molecule has 98 valence electrons. The minimum atomic E-state index is -0.639. The lowest BCUT2D eigenvalue weighted by Crippen LogP contribution is -2.06. The molecule has 1 aromatic heterocycles. The summed E-state index contributed by atoms with van der Waals surface area (Å²) in [5, 5.41) is 13.3. The molecule has 0 aliphatic rings. The van der Waals surface area contributed by atoms with E-state index in [-0.39, 0.29) is 23.3 Å². The van der Waals surface area contributed by atoms with Crippen LogP contribution in [0.3, 0.4) is 0 Å². The SMILES string of the molecule is O=[N+]([O-])c1cnc(Cl)nc1NCc1ccccc1F. The van der Waals surface area contributed by atoms with E-state index in [0.29, 0.717) is 5.56 Å². The summed E-state index contributed by atoms with van der Waals surface area (Å²) in [5.74, 6) is -0.453. The van der Waals surface area contributed by atoms with Crippen molar-refractivity contribution < 1.29 is 9.31 Å². The van der Waals surface area contributed by atoms with Gasteiger partial charge in [0.1, 0.15) is 12.0 Å². The van der Waals surface area contributed by atoms with Gasteiger partial charge in [-0.2, -0.15) is 4.98 Å². The predicted molar refractivity (Wildman–Crippen MR) is 67.4 cm³/mol. The number of aromatic nitrogens is 2. The number of hydrogen-bond acceptors (Lipinski definition) is 5. The summed E-state index contributed by atoms with van der Waals surface area (Å²) in [6.07, 6.45) is 0.999. The Morgan fingerprint density at radius 2 is 2.16 bits per heavy atom.